The second-order valence-corrected chi connectivity index (χ2v) is 6.35. The van der Waals surface area contributed by atoms with Crippen LogP contribution in [0.5, 0.6) is 5.88 Å². The molecule has 1 saturated heterocycles. The lowest BCUT2D eigenvalue weighted by Crippen LogP contribution is -2.26. The number of halogens is 2. The van der Waals surface area contributed by atoms with E-state index in [1.54, 1.807) is 19.4 Å². The van der Waals surface area contributed by atoms with Gasteiger partial charge in [0.25, 0.3) is 0 Å². The molecule has 1 aliphatic rings. The third-order valence-corrected chi connectivity index (χ3v) is 4.57. The molecule has 2 heterocycles. The van der Waals surface area contributed by atoms with Crippen molar-refractivity contribution in [1.82, 2.24) is 14.9 Å². The normalized spacial score (nSPS) is 18.1. The van der Waals surface area contributed by atoms with Crippen molar-refractivity contribution >= 4 is 29.2 Å². The Morgan fingerprint density at radius 1 is 1.30 bits per heavy atom. The molecule has 1 aliphatic heterocycles. The van der Waals surface area contributed by atoms with Gasteiger partial charge in [-0.1, -0.05) is 29.3 Å². The first kappa shape index (κ1) is 16.3. The number of methoxy groups -OCH3 is 1. The molecule has 0 radical (unpaired) electrons. The van der Waals surface area contributed by atoms with Crippen LogP contribution in [0.3, 0.4) is 0 Å². The van der Waals surface area contributed by atoms with Crippen LogP contribution in [0.15, 0.2) is 30.5 Å². The fourth-order valence-corrected chi connectivity index (χ4v) is 3.02. The molecule has 5 nitrogen and oxygen atoms in total. The molecule has 23 heavy (non-hydrogen) atoms. The Balaban J connectivity index is 1.56. The maximum absolute atomic E-state index is 6.07. The van der Waals surface area contributed by atoms with Crippen LogP contribution in [0.2, 0.25) is 10.0 Å². The van der Waals surface area contributed by atoms with E-state index in [0.717, 1.165) is 31.6 Å². The summed E-state index contributed by atoms with van der Waals surface area (Å²) in [5, 5.41) is 4.55. The van der Waals surface area contributed by atoms with Crippen LogP contribution in [0, 0.1) is 0 Å². The summed E-state index contributed by atoms with van der Waals surface area (Å²) in [5.41, 5.74) is 1.16. The first-order valence-corrected chi connectivity index (χ1v) is 8.19. The van der Waals surface area contributed by atoms with E-state index in [9.17, 15) is 0 Å². The van der Waals surface area contributed by atoms with E-state index in [4.69, 9.17) is 27.9 Å². The fraction of sp³-hybridized carbons (Fsp3) is 0.375. The van der Waals surface area contributed by atoms with Crippen LogP contribution in [0.1, 0.15) is 12.0 Å². The zero-order valence-electron chi connectivity index (χ0n) is 12.8. The average Bonchev–Trinajstić information content (AvgIpc) is 2.98. The standard InChI is InChI=1S/C16H18Cl2N4O/c1-23-15-4-6-19-16(21-15)20-12-5-7-22(10-12)9-11-2-3-13(17)14(18)8-11/h2-4,6,8,12H,5,7,9-10H2,1H3,(H,19,20,21). The molecule has 122 valence electrons. The number of nitrogens with zero attached hydrogens (tertiary/aromatic N) is 3. The van der Waals surface area contributed by atoms with E-state index >= 15 is 0 Å². The van der Waals surface area contributed by atoms with Gasteiger partial charge < -0.3 is 10.1 Å². The zero-order valence-corrected chi connectivity index (χ0v) is 14.3. The third-order valence-electron chi connectivity index (χ3n) is 3.83. The molecule has 0 bridgehead atoms. The predicted molar refractivity (Wildman–Crippen MR) is 92.4 cm³/mol. The van der Waals surface area contributed by atoms with Crippen molar-refractivity contribution in [2.75, 3.05) is 25.5 Å². The van der Waals surface area contributed by atoms with Crippen molar-refractivity contribution in [2.24, 2.45) is 0 Å². The first-order chi connectivity index (χ1) is 11.1. The molecule has 0 aliphatic carbocycles. The number of ether oxygens (including phenoxy) is 1. The Bertz CT molecular complexity index is 683. The minimum absolute atomic E-state index is 0.324. The molecule has 2 aromatic rings. The summed E-state index contributed by atoms with van der Waals surface area (Å²) in [6.07, 6.45) is 2.73. The van der Waals surface area contributed by atoms with Crippen molar-refractivity contribution < 1.29 is 4.74 Å². The van der Waals surface area contributed by atoms with Crippen LogP contribution >= 0.6 is 23.2 Å². The summed E-state index contributed by atoms with van der Waals surface area (Å²) in [5.74, 6) is 1.17. The topological polar surface area (TPSA) is 50.3 Å². The lowest BCUT2D eigenvalue weighted by atomic mass is 10.2. The second kappa shape index (κ2) is 7.34. The van der Waals surface area contributed by atoms with Crippen molar-refractivity contribution in [3.63, 3.8) is 0 Å². The predicted octanol–water partition coefficient (Wildman–Crippen LogP) is 3.48. The average molecular weight is 353 g/mol. The van der Waals surface area contributed by atoms with Gasteiger partial charge in [-0.25, -0.2) is 4.98 Å². The molecule has 1 unspecified atom stereocenters. The number of benzene rings is 1. The van der Waals surface area contributed by atoms with E-state index in [2.05, 4.69) is 20.2 Å². The smallest absolute Gasteiger partial charge is 0.226 e. The zero-order chi connectivity index (χ0) is 16.2. The van der Waals surface area contributed by atoms with E-state index in [1.807, 2.05) is 18.2 Å². The monoisotopic (exact) mass is 352 g/mol. The number of rotatable bonds is 5. The van der Waals surface area contributed by atoms with Gasteiger partial charge in [-0.05, 0) is 24.1 Å². The minimum atomic E-state index is 0.324. The summed E-state index contributed by atoms with van der Waals surface area (Å²) in [6, 6.07) is 7.84. The fourth-order valence-electron chi connectivity index (χ4n) is 2.70. The Hall–Kier alpha value is -1.56. The van der Waals surface area contributed by atoms with E-state index in [1.165, 1.54) is 0 Å². The Morgan fingerprint density at radius 3 is 2.96 bits per heavy atom. The summed E-state index contributed by atoms with van der Waals surface area (Å²) in [4.78, 5) is 10.9. The second-order valence-electron chi connectivity index (χ2n) is 5.54. The Kier molecular flexibility index (Phi) is 5.20. The highest BCUT2D eigenvalue weighted by molar-refractivity contribution is 6.42. The molecule has 1 N–H and O–H groups in total. The summed E-state index contributed by atoms with van der Waals surface area (Å²) in [7, 11) is 1.60. The van der Waals surface area contributed by atoms with Crippen molar-refractivity contribution in [2.45, 2.75) is 19.0 Å². The lowest BCUT2D eigenvalue weighted by Gasteiger charge is -2.17. The van der Waals surface area contributed by atoms with Gasteiger partial charge in [-0.15, -0.1) is 0 Å². The van der Waals surface area contributed by atoms with E-state index in [0.29, 0.717) is 27.9 Å². The minimum Gasteiger partial charge on any atom is -0.481 e. The van der Waals surface area contributed by atoms with Crippen LogP contribution in [-0.4, -0.2) is 41.1 Å². The molecular formula is C16H18Cl2N4O. The number of hydrogen-bond donors (Lipinski definition) is 1. The molecule has 0 spiro atoms. The van der Waals surface area contributed by atoms with Gasteiger partial charge in [0.15, 0.2) is 0 Å². The quantitative estimate of drug-likeness (QED) is 0.892. The van der Waals surface area contributed by atoms with E-state index in [-0.39, 0.29) is 0 Å². The van der Waals surface area contributed by atoms with Crippen LogP contribution < -0.4 is 10.1 Å². The van der Waals surface area contributed by atoms with E-state index < -0.39 is 0 Å². The number of nitrogens with one attached hydrogen (secondary N) is 1. The van der Waals surface area contributed by atoms with Gasteiger partial charge in [0.05, 0.1) is 17.2 Å². The van der Waals surface area contributed by atoms with Gasteiger partial charge in [0.1, 0.15) is 0 Å². The number of aromatic nitrogens is 2. The Morgan fingerprint density at radius 2 is 2.17 bits per heavy atom. The maximum atomic E-state index is 6.07. The Labute approximate surface area is 145 Å². The molecule has 0 saturated carbocycles. The summed E-state index contributed by atoms with van der Waals surface area (Å²) >= 11 is 12.0. The summed E-state index contributed by atoms with van der Waals surface area (Å²) in [6.45, 7) is 2.80. The number of likely N-dealkylation sites (tertiary alicyclic amines) is 1. The highest BCUT2D eigenvalue weighted by atomic mass is 35.5. The van der Waals surface area contributed by atoms with Gasteiger partial charge in [0, 0.05) is 37.9 Å². The molecule has 0 amide bonds. The first-order valence-electron chi connectivity index (χ1n) is 7.44. The molecule has 1 aromatic heterocycles. The number of hydrogen-bond acceptors (Lipinski definition) is 5. The number of anilines is 1. The molecule has 1 atom stereocenters. The molecular weight excluding hydrogens is 335 g/mol. The van der Waals surface area contributed by atoms with Gasteiger partial charge in [0.2, 0.25) is 11.8 Å². The molecule has 3 rings (SSSR count). The van der Waals surface area contributed by atoms with Crippen molar-refractivity contribution in [3.8, 4) is 5.88 Å². The van der Waals surface area contributed by atoms with Gasteiger partial charge in [-0.2, -0.15) is 4.98 Å². The molecule has 7 heteroatoms. The third kappa shape index (κ3) is 4.25. The largest absolute Gasteiger partial charge is 0.481 e. The molecule has 1 fully saturated rings. The maximum Gasteiger partial charge on any atom is 0.226 e. The SMILES string of the molecule is COc1ccnc(NC2CCN(Cc3ccc(Cl)c(Cl)c3)C2)n1. The highest BCUT2D eigenvalue weighted by Gasteiger charge is 2.23. The van der Waals surface area contributed by atoms with Crippen molar-refractivity contribution in [3.05, 3.63) is 46.1 Å². The lowest BCUT2D eigenvalue weighted by molar-refractivity contribution is 0.328. The summed E-state index contributed by atoms with van der Waals surface area (Å²) < 4.78 is 5.12. The van der Waals surface area contributed by atoms with Crippen LogP contribution in [0.25, 0.3) is 0 Å². The van der Waals surface area contributed by atoms with Gasteiger partial charge in [-0.3, -0.25) is 4.90 Å². The molecule has 1 aromatic carbocycles. The van der Waals surface area contributed by atoms with Crippen molar-refractivity contribution in [1.29, 1.82) is 0 Å². The van der Waals surface area contributed by atoms with Crippen LogP contribution in [-0.2, 0) is 6.54 Å². The van der Waals surface area contributed by atoms with Gasteiger partial charge >= 0.3 is 0 Å². The van der Waals surface area contributed by atoms with Crippen LogP contribution in [0.4, 0.5) is 5.95 Å². The highest BCUT2D eigenvalue weighted by Crippen LogP contribution is 2.24.